The molecule has 0 aromatic heterocycles. The van der Waals surface area contributed by atoms with Gasteiger partial charge in [0, 0.05) is 17.0 Å². The Morgan fingerprint density at radius 1 is 0.744 bits per heavy atom. The Balaban J connectivity index is 1.64. The number of rotatable bonds is 10. The van der Waals surface area contributed by atoms with Gasteiger partial charge in [-0.25, -0.2) is 4.79 Å². The number of methoxy groups -OCH3 is 1. The van der Waals surface area contributed by atoms with Crippen LogP contribution < -0.4 is 4.90 Å². The van der Waals surface area contributed by atoms with Crippen LogP contribution >= 0.6 is 11.8 Å². The first-order valence-electron chi connectivity index (χ1n) is 12.8. The lowest BCUT2D eigenvalue weighted by molar-refractivity contribution is -0.143. The molecule has 0 spiro atoms. The third-order valence-electron chi connectivity index (χ3n) is 6.52. The molecule has 0 N–H and O–H groups in total. The molecule has 0 aliphatic carbocycles. The van der Waals surface area contributed by atoms with Crippen molar-refractivity contribution < 1.29 is 19.1 Å². The zero-order valence-electron chi connectivity index (χ0n) is 22.0. The smallest absolute Gasteiger partial charge is 0.328 e. The molecule has 4 aromatic rings. The molecule has 0 fully saturated rings. The van der Waals surface area contributed by atoms with Crippen LogP contribution in [0.1, 0.15) is 22.8 Å². The minimum atomic E-state index is -0.849. The largest absolute Gasteiger partial charge is 0.467 e. The molecule has 0 bridgehead atoms. The van der Waals surface area contributed by atoms with Crippen molar-refractivity contribution in [1.29, 1.82) is 0 Å². The highest BCUT2D eigenvalue weighted by Gasteiger charge is 2.33. The first kappa shape index (κ1) is 27.9. The molecule has 0 aliphatic heterocycles. The van der Waals surface area contributed by atoms with Crippen LogP contribution in [-0.2, 0) is 20.7 Å². The van der Waals surface area contributed by atoms with Crippen molar-refractivity contribution in [3.05, 3.63) is 126 Å². The zero-order valence-corrected chi connectivity index (χ0v) is 22.8. The molecular formula is C33H31NO4S. The highest BCUT2D eigenvalue weighted by molar-refractivity contribution is 8.14. The van der Waals surface area contributed by atoms with Crippen LogP contribution in [0.15, 0.2) is 115 Å². The molecule has 4 aromatic carbocycles. The molecule has 0 aliphatic rings. The normalized spacial score (nSPS) is 12.3. The van der Waals surface area contributed by atoms with E-state index >= 15 is 0 Å². The lowest BCUT2D eigenvalue weighted by atomic mass is 9.98. The molecule has 198 valence electrons. The lowest BCUT2D eigenvalue weighted by Crippen LogP contribution is -2.47. The second-order valence-corrected chi connectivity index (χ2v) is 10.2. The number of hydrogen-bond donors (Lipinski definition) is 0. The minimum Gasteiger partial charge on any atom is -0.467 e. The Kier molecular flexibility index (Phi) is 9.70. The number of amides is 1. The summed E-state index contributed by atoms with van der Waals surface area (Å²) < 4.78 is 5.02. The number of benzene rings is 4. The molecule has 0 saturated carbocycles. The number of thioether (sulfide) groups is 1. The topological polar surface area (TPSA) is 63.7 Å². The Morgan fingerprint density at radius 3 is 1.87 bits per heavy atom. The van der Waals surface area contributed by atoms with Gasteiger partial charge in [-0.3, -0.25) is 14.5 Å². The van der Waals surface area contributed by atoms with Gasteiger partial charge in [-0.05, 0) is 42.2 Å². The third kappa shape index (κ3) is 7.24. The van der Waals surface area contributed by atoms with Crippen LogP contribution in [0.5, 0.6) is 0 Å². The van der Waals surface area contributed by atoms with Gasteiger partial charge in [-0.15, -0.1) is 0 Å². The Labute approximate surface area is 233 Å². The van der Waals surface area contributed by atoms with Crippen molar-refractivity contribution in [2.45, 2.75) is 19.4 Å². The molecule has 6 heteroatoms. The number of anilines is 1. The lowest BCUT2D eigenvalue weighted by Gasteiger charge is -2.31. The number of ether oxygens (including phenoxy) is 1. The quantitative estimate of drug-likeness (QED) is 0.211. The monoisotopic (exact) mass is 537 g/mol. The van der Waals surface area contributed by atoms with E-state index in [0.717, 1.165) is 28.5 Å². The average molecular weight is 538 g/mol. The van der Waals surface area contributed by atoms with E-state index in [0.29, 0.717) is 17.7 Å². The molecule has 4 rings (SSSR count). The van der Waals surface area contributed by atoms with Gasteiger partial charge < -0.3 is 4.74 Å². The van der Waals surface area contributed by atoms with E-state index in [-0.39, 0.29) is 16.8 Å². The van der Waals surface area contributed by atoms with E-state index in [4.69, 9.17) is 4.74 Å². The van der Waals surface area contributed by atoms with Crippen molar-refractivity contribution in [3.8, 4) is 11.1 Å². The Bertz CT molecular complexity index is 1380. The van der Waals surface area contributed by atoms with Gasteiger partial charge in [0.25, 0.3) is 0 Å². The van der Waals surface area contributed by atoms with Crippen molar-refractivity contribution in [1.82, 2.24) is 0 Å². The predicted octanol–water partition coefficient (Wildman–Crippen LogP) is 6.68. The summed E-state index contributed by atoms with van der Waals surface area (Å²) in [6.45, 7) is 1.66. The number of hydrogen-bond acceptors (Lipinski definition) is 5. The summed E-state index contributed by atoms with van der Waals surface area (Å²) in [5, 5.41) is -0.0961. The van der Waals surface area contributed by atoms with Crippen molar-refractivity contribution >= 4 is 34.4 Å². The van der Waals surface area contributed by atoms with E-state index in [1.54, 1.807) is 19.1 Å². The van der Waals surface area contributed by atoms with Gasteiger partial charge in [0.2, 0.25) is 11.0 Å². The summed E-state index contributed by atoms with van der Waals surface area (Å²) >= 11 is 1.12. The number of nitrogens with zero attached hydrogens (tertiary/aromatic N) is 1. The second-order valence-electron chi connectivity index (χ2n) is 9.17. The summed E-state index contributed by atoms with van der Waals surface area (Å²) in [5.74, 6) is -1.03. The van der Waals surface area contributed by atoms with Gasteiger partial charge >= 0.3 is 5.97 Å². The summed E-state index contributed by atoms with van der Waals surface area (Å²) in [6, 6.07) is 35.4. The average Bonchev–Trinajstić information content (AvgIpc) is 3.00. The van der Waals surface area contributed by atoms with E-state index in [1.165, 1.54) is 12.0 Å². The van der Waals surface area contributed by atoms with Crippen molar-refractivity contribution in [2.75, 3.05) is 17.8 Å². The molecule has 5 nitrogen and oxygen atoms in total. The molecular weight excluding hydrogens is 506 g/mol. The maximum absolute atomic E-state index is 14.2. The standard InChI is InChI=1S/C33H31NO4S/c1-24(32(36)38-2)34(30-20-18-27(19-21-30)26-14-8-4-9-15-26)31(35)29(22-25-12-6-3-7-13-25)23-39-33(37)28-16-10-5-11-17-28/h3-21,24,29H,22-23H2,1-2H3/t24-,29?/m1/s1. The van der Waals surface area contributed by atoms with E-state index in [2.05, 4.69) is 0 Å². The second kappa shape index (κ2) is 13.6. The van der Waals surface area contributed by atoms with E-state index in [9.17, 15) is 14.4 Å². The highest BCUT2D eigenvalue weighted by Crippen LogP contribution is 2.28. The van der Waals surface area contributed by atoms with Crippen molar-refractivity contribution in [2.24, 2.45) is 5.92 Å². The first-order chi connectivity index (χ1) is 19.0. The fourth-order valence-electron chi connectivity index (χ4n) is 4.41. The molecule has 1 unspecified atom stereocenters. The summed E-state index contributed by atoms with van der Waals surface area (Å²) in [7, 11) is 1.32. The fourth-order valence-corrected chi connectivity index (χ4v) is 5.33. The maximum atomic E-state index is 14.2. The van der Waals surface area contributed by atoms with Gasteiger partial charge in [-0.1, -0.05) is 115 Å². The van der Waals surface area contributed by atoms with Crippen LogP contribution in [-0.4, -0.2) is 35.9 Å². The molecule has 0 saturated heterocycles. The Morgan fingerprint density at radius 2 is 1.28 bits per heavy atom. The molecule has 0 heterocycles. The zero-order chi connectivity index (χ0) is 27.6. The van der Waals surface area contributed by atoms with Crippen molar-refractivity contribution in [3.63, 3.8) is 0 Å². The van der Waals surface area contributed by atoms with Crippen LogP contribution in [0.3, 0.4) is 0 Å². The van der Waals surface area contributed by atoms with Gasteiger partial charge in [0.05, 0.1) is 13.0 Å². The maximum Gasteiger partial charge on any atom is 0.328 e. The van der Waals surface area contributed by atoms with Crippen LogP contribution in [0.4, 0.5) is 5.69 Å². The molecule has 1 amide bonds. The van der Waals surface area contributed by atoms with Gasteiger partial charge in [0.1, 0.15) is 6.04 Å². The van der Waals surface area contributed by atoms with Gasteiger partial charge in [0.15, 0.2) is 0 Å². The first-order valence-corrected chi connectivity index (χ1v) is 13.8. The number of carbonyl (C=O) groups excluding carboxylic acids is 3. The minimum absolute atomic E-state index is 0.0961. The molecule has 39 heavy (non-hydrogen) atoms. The van der Waals surface area contributed by atoms with E-state index in [1.807, 2.05) is 103 Å². The van der Waals surface area contributed by atoms with Crippen LogP contribution in [0, 0.1) is 5.92 Å². The van der Waals surface area contributed by atoms with Crippen LogP contribution in [0.25, 0.3) is 11.1 Å². The highest BCUT2D eigenvalue weighted by atomic mass is 32.2. The Hall–Kier alpha value is -4.16. The summed E-state index contributed by atoms with van der Waals surface area (Å²) in [4.78, 5) is 41.3. The summed E-state index contributed by atoms with van der Waals surface area (Å²) in [5.41, 5.74) is 4.22. The SMILES string of the molecule is COC(=O)[C@@H](C)N(C(=O)C(CSC(=O)c1ccccc1)Cc1ccccc1)c1ccc(-c2ccccc2)cc1. The third-order valence-corrected chi connectivity index (χ3v) is 7.59. The number of esters is 1. The fraction of sp³-hybridized carbons (Fsp3) is 0.182. The molecule has 2 atom stereocenters. The van der Waals surface area contributed by atoms with E-state index < -0.39 is 17.9 Å². The number of carbonyl (C=O) groups is 3. The predicted molar refractivity (Wildman–Crippen MR) is 158 cm³/mol. The molecule has 0 radical (unpaired) electrons. The van der Waals surface area contributed by atoms with Gasteiger partial charge in [-0.2, -0.15) is 0 Å². The summed E-state index contributed by atoms with van der Waals surface area (Å²) in [6.07, 6.45) is 0.432. The van der Waals surface area contributed by atoms with Crippen LogP contribution in [0.2, 0.25) is 0 Å².